The van der Waals surface area contributed by atoms with E-state index in [9.17, 15) is 9.90 Å². The minimum Gasteiger partial charge on any atom is -0.507 e. The number of aromatic hydroxyl groups is 1. The summed E-state index contributed by atoms with van der Waals surface area (Å²) in [5.41, 5.74) is 8.57. The highest BCUT2D eigenvalue weighted by Crippen LogP contribution is 2.43. The van der Waals surface area contributed by atoms with Crippen LogP contribution >= 0.6 is 11.3 Å². The molecule has 7 heterocycles. The fraction of sp³-hybridized carbons (Fsp3) is 0. The maximum atomic E-state index is 12.7. The minimum atomic E-state index is -0.142. The van der Waals surface area contributed by atoms with Crippen LogP contribution in [-0.4, -0.2) is 30.0 Å². The molecular weight excluding hydrogens is 506 g/mol. The lowest BCUT2D eigenvalue weighted by molar-refractivity contribution is 0.478. The Morgan fingerprint density at radius 3 is 2.13 bits per heavy atom. The molecule has 4 N–H and O–H groups in total. The first kappa shape index (κ1) is 21.8. The summed E-state index contributed by atoms with van der Waals surface area (Å²) in [4.78, 5) is 32.4. The topological polar surface area (TPSA) is 110 Å². The van der Waals surface area contributed by atoms with Crippen LogP contribution in [0.1, 0.15) is 22.8 Å². The average molecular weight is 526 g/mol. The van der Waals surface area contributed by atoms with E-state index in [1.165, 1.54) is 11.3 Å². The van der Waals surface area contributed by atoms with Gasteiger partial charge in [0.25, 0.3) is 5.56 Å². The summed E-state index contributed by atoms with van der Waals surface area (Å²) in [6, 6.07) is 19.3. The first-order valence-corrected chi connectivity index (χ1v) is 13.3. The second-order valence-electron chi connectivity index (χ2n) is 9.55. The first-order valence-electron chi connectivity index (χ1n) is 12.4. The number of nitrogens with zero attached hydrogens (tertiary/aromatic N) is 2. The summed E-state index contributed by atoms with van der Waals surface area (Å²) in [6.45, 7) is 0. The van der Waals surface area contributed by atoms with E-state index in [-0.39, 0.29) is 11.3 Å². The molecule has 0 atom stereocenters. The van der Waals surface area contributed by atoms with Crippen molar-refractivity contribution >= 4 is 78.7 Å². The standard InChI is InChI=1S/C31H19N5O2S/c37-26-10-9-23-27(22-11-12-39-30(22)31(38)36-23)29(26)28-24-7-5-20(34-24)14-18-3-1-16(32-18)13-17-2-4-19(33-17)15-21-6-8-25(28)35-21/h1-15,32,35,37H,(H,36,38). The lowest BCUT2D eigenvalue weighted by atomic mass is 9.96. The third kappa shape index (κ3) is 3.53. The number of aromatic amines is 3. The molecule has 2 aliphatic heterocycles. The predicted molar refractivity (Wildman–Crippen MR) is 159 cm³/mol. The molecule has 7 nitrogen and oxygen atoms in total. The zero-order valence-electron chi connectivity index (χ0n) is 20.3. The Bertz CT molecular complexity index is 2280. The van der Waals surface area contributed by atoms with Crippen LogP contribution in [0, 0.1) is 0 Å². The van der Waals surface area contributed by atoms with Crippen LogP contribution in [0.3, 0.4) is 0 Å². The molecule has 0 unspecified atom stereocenters. The van der Waals surface area contributed by atoms with Crippen molar-refractivity contribution < 1.29 is 5.11 Å². The zero-order chi connectivity index (χ0) is 26.1. The monoisotopic (exact) mass is 525 g/mol. The molecule has 0 aliphatic carbocycles. The van der Waals surface area contributed by atoms with Gasteiger partial charge in [-0.3, -0.25) is 4.79 Å². The number of phenols is 1. The van der Waals surface area contributed by atoms with Gasteiger partial charge in [0.2, 0.25) is 0 Å². The molecule has 8 rings (SSSR count). The van der Waals surface area contributed by atoms with Crippen molar-refractivity contribution in [2.75, 3.05) is 0 Å². The van der Waals surface area contributed by atoms with Crippen molar-refractivity contribution in [3.63, 3.8) is 0 Å². The number of nitrogens with one attached hydrogen (secondary N) is 3. The third-order valence-corrected chi connectivity index (χ3v) is 7.96. The summed E-state index contributed by atoms with van der Waals surface area (Å²) in [5.74, 6) is 0.104. The molecule has 0 spiro atoms. The Labute approximate surface area is 224 Å². The van der Waals surface area contributed by atoms with Crippen LogP contribution < -0.4 is 5.56 Å². The lowest BCUT2D eigenvalue weighted by Crippen LogP contribution is -2.04. The van der Waals surface area contributed by atoms with E-state index in [2.05, 4.69) is 15.0 Å². The number of phenolic OH excluding ortho intramolecular Hbond substituents is 1. The van der Waals surface area contributed by atoms with Gasteiger partial charge in [-0.2, -0.15) is 0 Å². The first-order chi connectivity index (χ1) is 19.1. The highest BCUT2D eigenvalue weighted by molar-refractivity contribution is 7.17. The number of aromatic nitrogens is 5. The van der Waals surface area contributed by atoms with Gasteiger partial charge in [0, 0.05) is 49.5 Å². The fourth-order valence-corrected chi connectivity index (χ4v) is 6.16. The van der Waals surface area contributed by atoms with Crippen molar-refractivity contribution in [3.05, 3.63) is 99.2 Å². The van der Waals surface area contributed by atoms with Crippen LogP contribution in [0.4, 0.5) is 0 Å². The quantitative estimate of drug-likeness (QED) is 0.183. The van der Waals surface area contributed by atoms with Crippen molar-refractivity contribution in [2.45, 2.75) is 0 Å². The van der Waals surface area contributed by atoms with Gasteiger partial charge in [0.1, 0.15) is 10.4 Å². The second kappa shape index (κ2) is 8.14. The molecule has 8 bridgehead atoms. The maximum Gasteiger partial charge on any atom is 0.266 e. The van der Waals surface area contributed by atoms with E-state index < -0.39 is 0 Å². The third-order valence-electron chi connectivity index (χ3n) is 7.04. The van der Waals surface area contributed by atoms with Gasteiger partial charge >= 0.3 is 0 Å². The van der Waals surface area contributed by atoms with Gasteiger partial charge in [-0.15, -0.1) is 11.3 Å². The van der Waals surface area contributed by atoms with Crippen molar-refractivity contribution in [2.24, 2.45) is 0 Å². The predicted octanol–water partition coefficient (Wildman–Crippen LogP) is 7.08. The molecule has 6 aromatic rings. The molecule has 2 aliphatic rings. The van der Waals surface area contributed by atoms with E-state index in [0.29, 0.717) is 21.5 Å². The van der Waals surface area contributed by atoms with Crippen LogP contribution in [-0.2, 0) is 0 Å². The van der Waals surface area contributed by atoms with Crippen LogP contribution in [0.5, 0.6) is 5.75 Å². The molecule has 1 aromatic carbocycles. The van der Waals surface area contributed by atoms with E-state index >= 15 is 0 Å². The number of pyridine rings is 1. The number of benzene rings is 1. The number of hydrogen-bond donors (Lipinski definition) is 4. The molecule has 186 valence electrons. The molecule has 0 fully saturated rings. The Morgan fingerprint density at radius 1 is 0.667 bits per heavy atom. The fourth-order valence-electron chi connectivity index (χ4n) is 5.36. The molecule has 8 heteroatoms. The number of H-pyrrole nitrogens is 3. The van der Waals surface area contributed by atoms with Crippen molar-refractivity contribution in [1.29, 1.82) is 0 Å². The van der Waals surface area contributed by atoms with Gasteiger partial charge in [-0.1, -0.05) is 0 Å². The summed E-state index contributed by atoms with van der Waals surface area (Å²) in [5, 5.41) is 14.8. The normalized spacial score (nSPS) is 12.6. The van der Waals surface area contributed by atoms with Gasteiger partial charge in [-0.25, -0.2) is 9.97 Å². The molecule has 0 amide bonds. The molecule has 5 aromatic heterocycles. The molecule has 0 radical (unpaired) electrons. The number of hydrogen-bond acceptors (Lipinski definition) is 5. The smallest absolute Gasteiger partial charge is 0.266 e. The largest absolute Gasteiger partial charge is 0.507 e. The summed E-state index contributed by atoms with van der Waals surface area (Å²) >= 11 is 1.38. The lowest BCUT2D eigenvalue weighted by Gasteiger charge is -2.12. The van der Waals surface area contributed by atoms with Crippen LogP contribution in [0.15, 0.2) is 70.8 Å². The molecule has 0 saturated heterocycles. The highest BCUT2D eigenvalue weighted by atomic mass is 32.1. The summed E-state index contributed by atoms with van der Waals surface area (Å²) in [6.07, 6.45) is 7.89. The summed E-state index contributed by atoms with van der Waals surface area (Å²) < 4.78 is 0.616. The van der Waals surface area contributed by atoms with Gasteiger partial charge in [-0.05, 0) is 90.3 Å². The molecule has 39 heavy (non-hydrogen) atoms. The zero-order valence-corrected chi connectivity index (χ0v) is 21.1. The second-order valence-corrected chi connectivity index (χ2v) is 10.5. The highest BCUT2D eigenvalue weighted by Gasteiger charge is 2.20. The van der Waals surface area contributed by atoms with E-state index in [1.807, 2.05) is 78.2 Å². The molecule has 0 saturated carbocycles. The van der Waals surface area contributed by atoms with E-state index in [1.54, 1.807) is 12.1 Å². The number of rotatable bonds is 1. The minimum absolute atomic E-state index is 0.104. The van der Waals surface area contributed by atoms with Gasteiger partial charge in [0.15, 0.2) is 0 Å². The van der Waals surface area contributed by atoms with Crippen LogP contribution in [0.2, 0.25) is 0 Å². The number of fused-ring (bicyclic) bond motifs is 11. The average Bonchev–Trinajstić information content (AvgIpc) is 3.74. The Balaban J connectivity index is 1.55. The van der Waals surface area contributed by atoms with Crippen molar-refractivity contribution in [3.8, 4) is 16.9 Å². The van der Waals surface area contributed by atoms with Crippen LogP contribution in [0.25, 0.3) is 78.5 Å². The van der Waals surface area contributed by atoms with Gasteiger partial charge < -0.3 is 20.1 Å². The van der Waals surface area contributed by atoms with E-state index in [0.717, 1.165) is 55.5 Å². The summed E-state index contributed by atoms with van der Waals surface area (Å²) in [7, 11) is 0. The van der Waals surface area contributed by atoms with E-state index in [4.69, 9.17) is 9.97 Å². The molecular formula is C31H19N5O2S. The Kier molecular flexibility index (Phi) is 4.56. The Morgan fingerprint density at radius 2 is 1.33 bits per heavy atom. The SMILES string of the molecule is O=c1[nH]c2ccc(O)c(-c3c4nc(cc5ccc(cc6nc(cc7ccc3[nH]7)C=C6)[nH]5)C=C4)c2c2ccsc12. The van der Waals surface area contributed by atoms with Gasteiger partial charge in [0.05, 0.1) is 22.8 Å². The maximum absolute atomic E-state index is 12.7. The van der Waals surface area contributed by atoms with Crippen molar-refractivity contribution in [1.82, 2.24) is 24.9 Å². The number of thiophene rings is 1. The Hall–Kier alpha value is -5.21.